The molecule has 2 bridgehead atoms. The molecule has 1 aliphatic heterocycles. The van der Waals surface area contributed by atoms with Crippen molar-refractivity contribution in [3.63, 3.8) is 0 Å². The Morgan fingerprint density at radius 3 is 2.07 bits per heavy atom. The van der Waals surface area contributed by atoms with Crippen molar-refractivity contribution in [1.29, 1.82) is 0 Å². The molecule has 3 heteroatoms. The molecule has 148 valence electrons. The van der Waals surface area contributed by atoms with Crippen LogP contribution in [0.25, 0.3) is 0 Å². The third kappa shape index (κ3) is 1.91. The Bertz CT molecular complexity index is 1180. The molecule has 2 atom stereocenters. The third-order valence-corrected chi connectivity index (χ3v) is 7.61. The summed E-state index contributed by atoms with van der Waals surface area (Å²) < 4.78 is 0. The zero-order chi connectivity index (χ0) is 20.6. The van der Waals surface area contributed by atoms with Gasteiger partial charge < -0.3 is 0 Å². The Kier molecular flexibility index (Phi) is 3.48. The number of hydrogen-bond acceptors (Lipinski definition) is 2. The minimum atomic E-state index is -0.460. The molecular formula is C27H23NO2. The van der Waals surface area contributed by atoms with Crippen molar-refractivity contribution in [3.05, 3.63) is 101 Å². The quantitative estimate of drug-likeness (QED) is 0.578. The van der Waals surface area contributed by atoms with Crippen LogP contribution in [0.1, 0.15) is 47.1 Å². The predicted octanol–water partition coefficient (Wildman–Crippen LogP) is 4.96. The number of anilines is 1. The van der Waals surface area contributed by atoms with Crippen LogP contribution in [0.5, 0.6) is 0 Å². The number of amides is 2. The van der Waals surface area contributed by atoms with Gasteiger partial charge in [0.05, 0.1) is 17.5 Å². The van der Waals surface area contributed by atoms with Gasteiger partial charge in [-0.25, -0.2) is 4.90 Å². The average Bonchev–Trinajstić information content (AvgIpc) is 3.05. The van der Waals surface area contributed by atoms with Crippen LogP contribution in [0, 0.1) is 18.8 Å². The molecule has 3 aliphatic carbocycles. The Morgan fingerprint density at radius 2 is 1.47 bits per heavy atom. The molecular weight excluding hydrogens is 370 g/mol. The Labute approximate surface area is 176 Å². The lowest BCUT2D eigenvalue weighted by Crippen LogP contribution is -2.53. The summed E-state index contributed by atoms with van der Waals surface area (Å²) >= 11 is 0. The summed E-state index contributed by atoms with van der Waals surface area (Å²) in [4.78, 5) is 29.2. The fourth-order valence-corrected chi connectivity index (χ4v) is 6.55. The Hall–Kier alpha value is -3.20. The van der Waals surface area contributed by atoms with Gasteiger partial charge in [-0.3, -0.25) is 9.59 Å². The molecule has 0 saturated carbocycles. The van der Waals surface area contributed by atoms with E-state index >= 15 is 0 Å². The number of carbonyl (C=O) groups is 2. The second-order valence-electron chi connectivity index (χ2n) is 8.83. The molecule has 0 radical (unpaired) electrons. The smallest absolute Gasteiger partial charge is 0.238 e. The van der Waals surface area contributed by atoms with Crippen LogP contribution in [0.2, 0.25) is 0 Å². The molecule has 0 aromatic heterocycles. The molecule has 3 nitrogen and oxygen atoms in total. The first-order chi connectivity index (χ1) is 14.6. The van der Waals surface area contributed by atoms with Gasteiger partial charge in [-0.15, -0.1) is 0 Å². The van der Waals surface area contributed by atoms with Gasteiger partial charge in [-0.05, 0) is 53.3 Å². The van der Waals surface area contributed by atoms with E-state index in [4.69, 9.17) is 0 Å². The van der Waals surface area contributed by atoms with Crippen molar-refractivity contribution in [3.8, 4) is 0 Å². The van der Waals surface area contributed by atoms with Crippen molar-refractivity contribution in [1.82, 2.24) is 0 Å². The zero-order valence-electron chi connectivity index (χ0n) is 17.1. The molecule has 0 N–H and O–H groups in total. The SMILES string of the molecule is CCC12c3ccccc3C(c3ccccc31)[C@@H]1C(=O)N(c3cccc(C)c3)C(=O)[C@@H]12. The van der Waals surface area contributed by atoms with Crippen molar-refractivity contribution in [2.24, 2.45) is 11.8 Å². The molecule has 2 amide bonds. The van der Waals surface area contributed by atoms with Crippen LogP contribution in [0.15, 0.2) is 72.8 Å². The number of hydrogen-bond donors (Lipinski definition) is 0. The molecule has 3 aromatic rings. The van der Waals surface area contributed by atoms with E-state index in [1.807, 2.05) is 31.2 Å². The molecule has 1 heterocycles. The van der Waals surface area contributed by atoms with Crippen LogP contribution < -0.4 is 4.90 Å². The summed E-state index contributed by atoms with van der Waals surface area (Å²) in [6.07, 6.45) is 0.787. The summed E-state index contributed by atoms with van der Waals surface area (Å²) in [5, 5.41) is 0. The van der Waals surface area contributed by atoms with Gasteiger partial charge in [0.25, 0.3) is 0 Å². The van der Waals surface area contributed by atoms with Gasteiger partial charge in [-0.1, -0.05) is 67.6 Å². The van der Waals surface area contributed by atoms with Crippen LogP contribution in [-0.2, 0) is 15.0 Å². The number of rotatable bonds is 2. The lowest BCUT2D eigenvalue weighted by molar-refractivity contribution is -0.123. The molecule has 30 heavy (non-hydrogen) atoms. The Balaban J connectivity index is 1.65. The van der Waals surface area contributed by atoms with Crippen molar-refractivity contribution in [2.45, 2.75) is 31.6 Å². The highest BCUT2D eigenvalue weighted by atomic mass is 16.2. The molecule has 3 aromatic carbocycles. The maximum Gasteiger partial charge on any atom is 0.238 e. The largest absolute Gasteiger partial charge is 0.274 e. The maximum absolute atomic E-state index is 13.9. The average molecular weight is 393 g/mol. The molecule has 0 spiro atoms. The van der Waals surface area contributed by atoms with E-state index in [2.05, 4.69) is 55.5 Å². The lowest BCUT2D eigenvalue weighted by Gasteiger charge is -2.54. The first kappa shape index (κ1) is 17.6. The maximum atomic E-state index is 13.9. The first-order valence-electron chi connectivity index (χ1n) is 10.7. The highest BCUT2D eigenvalue weighted by Crippen LogP contribution is 2.65. The molecule has 1 saturated heterocycles. The summed E-state index contributed by atoms with van der Waals surface area (Å²) in [5.41, 5.74) is 6.16. The molecule has 7 rings (SSSR count). The standard InChI is InChI=1S/C27H23NO2/c1-3-27-20-13-6-4-11-18(20)22(19-12-5-7-14-21(19)27)23-24(27)26(30)28(25(23)29)17-10-8-9-16(2)15-17/h4-15,22-24H,3H2,1-2H3/t22?,23-,24+,27?/m0/s1. The normalized spacial score (nSPS) is 28.3. The first-order valence-corrected chi connectivity index (χ1v) is 10.7. The minimum Gasteiger partial charge on any atom is -0.274 e. The highest BCUT2D eigenvalue weighted by Gasteiger charge is 2.67. The monoisotopic (exact) mass is 393 g/mol. The van der Waals surface area contributed by atoms with Crippen molar-refractivity contribution < 1.29 is 9.59 Å². The number of imide groups is 1. The van der Waals surface area contributed by atoms with E-state index in [0.29, 0.717) is 5.69 Å². The molecule has 1 fully saturated rings. The highest BCUT2D eigenvalue weighted by molar-refractivity contribution is 6.23. The van der Waals surface area contributed by atoms with Crippen LogP contribution in [-0.4, -0.2) is 11.8 Å². The fourth-order valence-electron chi connectivity index (χ4n) is 6.55. The van der Waals surface area contributed by atoms with E-state index in [0.717, 1.165) is 12.0 Å². The van der Waals surface area contributed by atoms with Crippen LogP contribution in [0.4, 0.5) is 5.69 Å². The minimum absolute atomic E-state index is 0.0496. The summed E-state index contributed by atoms with van der Waals surface area (Å²) in [6.45, 7) is 4.15. The lowest BCUT2D eigenvalue weighted by atomic mass is 9.46. The molecule has 0 unspecified atom stereocenters. The van der Waals surface area contributed by atoms with Gasteiger partial charge >= 0.3 is 0 Å². The third-order valence-electron chi connectivity index (χ3n) is 7.61. The second-order valence-corrected chi connectivity index (χ2v) is 8.83. The van der Waals surface area contributed by atoms with E-state index in [-0.39, 0.29) is 29.6 Å². The number of carbonyl (C=O) groups excluding carboxylic acids is 2. The van der Waals surface area contributed by atoms with Gasteiger partial charge in [0.1, 0.15) is 0 Å². The van der Waals surface area contributed by atoms with Crippen LogP contribution >= 0.6 is 0 Å². The molecule has 4 aliphatic rings. The predicted molar refractivity (Wildman–Crippen MR) is 116 cm³/mol. The van der Waals surface area contributed by atoms with Crippen molar-refractivity contribution >= 4 is 17.5 Å². The number of nitrogens with zero attached hydrogens (tertiary/aromatic N) is 1. The summed E-state index contributed by atoms with van der Waals surface area (Å²) in [5.74, 6) is -0.871. The van der Waals surface area contributed by atoms with E-state index in [9.17, 15) is 9.59 Å². The van der Waals surface area contributed by atoms with Crippen LogP contribution in [0.3, 0.4) is 0 Å². The second kappa shape index (κ2) is 5.91. The number of aryl methyl sites for hydroxylation is 1. The van der Waals surface area contributed by atoms with E-state index in [1.54, 1.807) is 0 Å². The van der Waals surface area contributed by atoms with Gasteiger partial charge in [-0.2, -0.15) is 0 Å². The van der Waals surface area contributed by atoms with Crippen molar-refractivity contribution in [2.75, 3.05) is 4.90 Å². The zero-order valence-corrected chi connectivity index (χ0v) is 17.1. The summed E-state index contributed by atoms with van der Waals surface area (Å²) in [6, 6.07) is 24.6. The van der Waals surface area contributed by atoms with Gasteiger partial charge in [0, 0.05) is 11.3 Å². The Morgan fingerprint density at radius 1 is 0.833 bits per heavy atom. The van der Waals surface area contributed by atoms with E-state index in [1.165, 1.54) is 27.2 Å². The topological polar surface area (TPSA) is 37.4 Å². The fraction of sp³-hybridized carbons (Fsp3) is 0.259. The summed E-state index contributed by atoms with van der Waals surface area (Å²) in [7, 11) is 0. The van der Waals surface area contributed by atoms with E-state index < -0.39 is 5.41 Å². The number of benzene rings is 3. The van der Waals surface area contributed by atoms with Gasteiger partial charge in [0.15, 0.2) is 0 Å². The van der Waals surface area contributed by atoms with Gasteiger partial charge in [0.2, 0.25) is 11.8 Å².